The van der Waals surface area contributed by atoms with Crippen molar-refractivity contribution in [3.8, 4) is 0 Å². The van der Waals surface area contributed by atoms with Gasteiger partial charge >= 0.3 is 31.1 Å². The Morgan fingerprint density at radius 3 is 1.83 bits per heavy atom. The van der Waals surface area contributed by atoms with Gasteiger partial charge in [0.1, 0.15) is 17.2 Å². The third kappa shape index (κ3) is 18.2. The molecule has 2 saturated heterocycles. The average Bonchev–Trinajstić information content (AvgIpc) is 3.08. The number of carbonyl (C=O) groups excluding carboxylic acids is 3. The molecule has 0 N–H and O–H groups in total. The number of hydrogen-bond acceptors (Lipinski definition) is 6. The third-order valence-electron chi connectivity index (χ3n) is 8.09. The number of rotatable bonds is 5. The van der Waals surface area contributed by atoms with Crippen molar-refractivity contribution < 1.29 is 64.8 Å². The molecular weight excluding hydrogens is 680 g/mol. The Morgan fingerprint density at radius 1 is 0.904 bits per heavy atom. The second-order valence-electron chi connectivity index (χ2n) is 13.5. The molecular formula is C38H55F5LiN3O5. The van der Waals surface area contributed by atoms with Gasteiger partial charge in [0, 0.05) is 32.0 Å². The van der Waals surface area contributed by atoms with Gasteiger partial charge in [-0.2, -0.15) is 19.6 Å². The van der Waals surface area contributed by atoms with Gasteiger partial charge in [-0.1, -0.05) is 31.0 Å². The Labute approximate surface area is 318 Å². The zero-order chi connectivity index (χ0) is 38.9. The Balaban J connectivity index is 0.000000824. The fourth-order valence-electron chi connectivity index (χ4n) is 4.90. The number of amides is 2. The van der Waals surface area contributed by atoms with Crippen molar-refractivity contribution in [2.45, 2.75) is 84.9 Å². The summed E-state index contributed by atoms with van der Waals surface area (Å²) in [6.45, 7) is 15.3. The van der Waals surface area contributed by atoms with E-state index in [0.29, 0.717) is 18.2 Å². The van der Waals surface area contributed by atoms with E-state index in [-0.39, 0.29) is 62.4 Å². The fraction of sp³-hybridized carbons (Fsp3) is 0.579. The maximum Gasteiger partial charge on any atom is 1.00 e. The summed E-state index contributed by atoms with van der Waals surface area (Å²) in [5.74, 6) is -2.19. The molecule has 0 bridgehead atoms. The number of aryl methyl sites for hydroxylation is 1. The first kappa shape index (κ1) is 49.0. The van der Waals surface area contributed by atoms with Crippen LogP contribution in [0.25, 0.3) is 0 Å². The molecule has 0 aliphatic carbocycles. The minimum atomic E-state index is -4.65. The Hall–Kier alpha value is -2.98. The number of ketones is 1. The van der Waals surface area contributed by atoms with Crippen LogP contribution < -0.4 is 18.9 Å². The van der Waals surface area contributed by atoms with Crippen molar-refractivity contribution in [1.29, 1.82) is 0 Å². The molecule has 2 heterocycles. The Kier molecular flexibility index (Phi) is 22.3. The minimum absolute atomic E-state index is 0. The van der Waals surface area contributed by atoms with Crippen molar-refractivity contribution >= 4 is 17.8 Å². The quantitative estimate of drug-likeness (QED) is 0.128. The summed E-state index contributed by atoms with van der Waals surface area (Å²) >= 11 is 0. The summed E-state index contributed by atoms with van der Waals surface area (Å²) < 4.78 is 69.6. The van der Waals surface area contributed by atoms with Gasteiger partial charge in [0.2, 0.25) is 5.91 Å². The van der Waals surface area contributed by atoms with Gasteiger partial charge in [-0.25, -0.2) is 18.6 Å². The van der Waals surface area contributed by atoms with Crippen LogP contribution >= 0.6 is 0 Å². The maximum atomic E-state index is 13.9. The van der Waals surface area contributed by atoms with E-state index in [1.807, 2.05) is 6.92 Å². The van der Waals surface area contributed by atoms with Crippen LogP contribution in [0.4, 0.5) is 26.7 Å². The molecule has 0 unspecified atom stereocenters. The van der Waals surface area contributed by atoms with Crippen molar-refractivity contribution in [3.05, 3.63) is 77.7 Å². The van der Waals surface area contributed by atoms with Crippen LogP contribution in [0.3, 0.4) is 0 Å². The average molecular weight is 736 g/mol. The van der Waals surface area contributed by atoms with E-state index in [9.17, 15) is 36.3 Å². The van der Waals surface area contributed by atoms with Gasteiger partial charge < -0.3 is 21.5 Å². The largest absolute Gasteiger partial charge is 1.00 e. The number of Topliss-reactive ketones (excluding diaryl/α,β-unsaturated/α-hetero) is 1. The molecule has 2 fully saturated rings. The minimum Gasteiger partial charge on any atom is -0.444 e. The summed E-state index contributed by atoms with van der Waals surface area (Å²) in [5.41, 5.74) is -1.18. The molecule has 288 valence electrons. The number of piperidine rings is 2. The molecule has 0 radical (unpaired) electrons. The third-order valence-corrected chi connectivity index (χ3v) is 8.09. The van der Waals surface area contributed by atoms with Gasteiger partial charge in [0.05, 0.1) is 18.2 Å². The molecule has 0 atom stereocenters. The molecule has 8 nitrogen and oxygen atoms in total. The molecule has 4 rings (SSSR count). The zero-order valence-corrected chi connectivity index (χ0v) is 32.2. The Bertz CT molecular complexity index is 1330. The van der Waals surface area contributed by atoms with Crippen molar-refractivity contribution in [2.24, 2.45) is 11.8 Å². The smallest absolute Gasteiger partial charge is 0.444 e. The van der Waals surface area contributed by atoms with Crippen LogP contribution in [0.15, 0.2) is 42.5 Å². The van der Waals surface area contributed by atoms with Crippen LogP contribution in [-0.4, -0.2) is 85.6 Å². The van der Waals surface area contributed by atoms with E-state index in [0.717, 1.165) is 37.9 Å². The first-order chi connectivity index (χ1) is 23.7. The number of likely N-dealkylation sites (tertiary alicyclic amines) is 2. The fourth-order valence-corrected chi connectivity index (χ4v) is 4.90. The van der Waals surface area contributed by atoms with E-state index in [2.05, 4.69) is 25.8 Å². The van der Waals surface area contributed by atoms with Crippen molar-refractivity contribution in [2.75, 3.05) is 47.4 Å². The number of ether oxygens (including phenoxy) is 1. The molecule has 14 heteroatoms. The topological polar surface area (TPSA) is 79.4 Å². The number of nitrogens with zero attached hydrogens (tertiary/aromatic N) is 3. The monoisotopic (exact) mass is 735 g/mol. The van der Waals surface area contributed by atoms with Crippen LogP contribution in [0.2, 0.25) is 0 Å². The zero-order valence-electron chi connectivity index (χ0n) is 32.2. The maximum absolute atomic E-state index is 13.9. The molecule has 2 aromatic carbocycles. The number of hydroxylamine groups is 2. The van der Waals surface area contributed by atoms with E-state index < -0.39 is 46.5 Å². The second kappa shape index (κ2) is 23.6. The van der Waals surface area contributed by atoms with E-state index >= 15 is 0 Å². The number of unbranched alkanes of at least 4 members (excludes halogenated alkanes) is 1. The van der Waals surface area contributed by atoms with Crippen LogP contribution in [-0.2, 0) is 20.5 Å². The first-order valence-electron chi connectivity index (χ1n) is 17.1. The van der Waals surface area contributed by atoms with Crippen LogP contribution in [0.5, 0.6) is 0 Å². The summed E-state index contributed by atoms with van der Waals surface area (Å²) in [6, 6.07) is 8.22. The van der Waals surface area contributed by atoms with Gasteiger partial charge in [-0.3, -0.25) is 14.4 Å². The van der Waals surface area contributed by atoms with Gasteiger partial charge in [-0.05, 0) is 104 Å². The van der Waals surface area contributed by atoms with Crippen molar-refractivity contribution in [1.82, 2.24) is 14.9 Å². The van der Waals surface area contributed by atoms with E-state index in [4.69, 9.17) is 9.57 Å². The number of halogens is 5. The predicted octanol–water partition coefficient (Wildman–Crippen LogP) is 5.78. The summed E-state index contributed by atoms with van der Waals surface area (Å²) in [4.78, 5) is 44.6. The molecule has 0 spiro atoms. The molecule has 2 aliphatic heterocycles. The number of hydrogen-bond donors (Lipinski definition) is 0. The SMILES string of the molecule is CC(C)(C)OC(=O)N1CCC(C(=O)c2cc(C(F)(F)F)ccc2F)CC1.CON(C)C(=O)C1CCN(C)CC1.Cc1ccc(F)cc1.[CH2-]CCC.[Li+]. The number of alkyl halides is 3. The molecule has 2 aromatic rings. The van der Waals surface area contributed by atoms with E-state index in [1.54, 1.807) is 40.0 Å². The van der Waals surface area contributed by atoms with Gasteiger partial charge in [0.25, 0.3) is 0 Å². The van der Waals surface area contributed by atoms with Gasteiger partial charge in [0.15, 0.2) is 5.78 Å². The molecule has 2 amide bonds. The van der Waals surface area contributed by atoms with Gasteiger partial charge in [-0.15, -0.1) is 0 Å². The molecule has 0 aromatic heterocycles. The van der Waals surface area contributed by atoms with Crippen molar-refractivity contribution in [3.63, 3.8) is 0 Å². The molecule has 0 saturated carbocycles. The number of carbonyl (C=O) groups is 3. The standard InChI is InChI=1S/C18H21F4NO3.C9H18N2O2.C7H7F.C4H9.Li/c1-17(2,3)26-16(25)23-8-6-11(7-9-23)15(24)13-10-12(18(20,21)22)4-5-14(13)19;1-10-6-4-8(5-7-10)9(12)11(2)13-3;1-6-2-4-7(8)5-3-6;1-3-4-2;/h4-5,10-11H,6-9H2,1-3H3;8H,4-7H2,1-3H3;2-5H,1H3;1,3-4H2,2H3;/q;;;-1;+1. The normalized spacial score (nSPS) is 15.3. The molecule has 52 heavy (non-hydrogen) atoms. The van der Waals surface area contributed by atoms with Crippen LogP contribution in [0, 0.1) is 37.3 Å². The van der Waals surface area contributed by atoms with Crippen LogP contribution in [0.1, 0.15) is 87.7 Å². The predicted molar refractivity (Wildman–Crippen MR) is 188 cm³/mol. The summed E-state index contributed by atoms with van der Waals surface area (Å²) in [7, 11) is 5.27. The summed E-state index contributed by atoms with van der Waals surface area (Å²) in [5, 5.41) is 1.33. The second-order valence-corrected chi connectivity index (χ2v) is 13.5. The number of benzene rings is 2. The molecule has 2 aliphatic rings. The summed E-state index contributed by atoms with van der Waals surface area (Å²) in [6.07, 6.45) is -0.496. The Morgan fingerprint density at radius 2 is 1.40 bits per heavy atom. The first-order valence-corrected chi connectivity index (χ1v) is 17.1. The van der Waals surface area contributed by atoms with E-state index in [1.165, 1.54) is 35.6 Å².